The summed E-state index contributed by atoms with van der Waals surface area (Å²) in [5, 5.41) is 9.97. The molecule has 174 valence electrons. The van der Waals surface area contributed by atoms with Crippen molar-refractivity contribution in [1.82, 2.24) is 0 Å². The van der Waals surface area contributed by atoms with Crippen LogP contribution < -0.4 is 0 Å². The highest BCUT2D eigenvalue weighted by molar-refractivity contribution is 9.10. The number of halogens is 14. The Labute approximate surface area is 168 Å². The number of aliphatic hydroxyl groups is 1. The van der Waals surface area contributed by atoms with Crippen LogP contribution >= 0.6 is 15.9 Å². The van der Waals surface area contributed by atoms with E-state index in [1.165, 1.54) is 6.07 Å². The molecular formula is C15H10BrF13O. The predicted octanol–water partition coefficient (Wildman–Crippen LogP) is 6.79. The molecule has 0 aliphatic rings. The molecule has 0 fully saturated rings. The third kappa shape index (κ3) is 4.10. The zero-order chi connectivity index (χ0) is 24.2. The zero-order valence-corrected chi connectivity index (χ0v) is 15.8. The number of hydrogen-bond acceptors (Lipinski definition) is 1. The minimum atomic E-state index is -7.97. The van der Waals surface area contributed by atoms with E-state index in [0.717, 1.165) is 18.2 Å². The monoisotopic (exact) mass is 532 g/mol. The van der Waals surface area contributed by atoms with E-state index >= 15 is 0 Å². The second kappa shape index (κ2) is 7.41. The van der Waals surface area contributed by atoms with Gasteiger partial charge in [-0.3, -0.25) is 0 Å². The Hall–Kier alpha value is -1.25. The van der Waals surface area contributed by atoms with Gasteiger partial charge in [-0.25, -0.2) is 0 Å². The molecule has 0 bridgehead atoms. The third-order valence-electron chi connectivity index (χ3n) is 4.01. The Morgan fingerprint density at radius 3 is 1.57 bits per heavy atom. The molecule has 0 heterocycles. The molecule has 30 heavy (non-hydrogen) atoms. The van der Waals surface area contributed by atoms with Crippen LogP contribution in [-0.4, -0.2) is 40.9 Å². The maximum atomic E-state index is 13.9. The van der Waals surface area contributed by atoms with E-state index in [1.54, 1.807) is 0 Å². The fourth-order valence-corrected chi connectivity index (χ4v) is 2.67. The molecule has 0 aromatic heterocycles. The van der Waals surface area contributed by atoms with Crippen molar-refractivity contribution in [3.05, 3.63) is 34.3 Å². The van der Waals surface area contributed by atoms with Crippen molar-refractivity contribution in [2.45, 2.75) is 54.7 Å². The second-order valence-electron chi connectivity index (χ2n) is 6.46. The summed E-state index contributed by atoms with van der Waals surface area (Å²) in [5.41, 5.74) is -3.72. The van der Waals surface area contributed by atoms with Crippen molar-refractivity contribution in [2.24, 2.45) is 0 Å². The lowest BCUT2D eigenvalue weighted by Gasteiger charge is -2.41. The van der Waals surface area contributed by atoms with Crippen molar-refractivity contribution >= 4 is 15.9 Å². The van der Waals surface area contributed by atoms with E-state index in [9.17, 15) is 62.2 Å². The van der Waals surface area contributed by atoms with Crippen LogP contribution in [0.2, 0.25) is 0 Å². The fraction of sp³-hybridized carbons (Fsp3) is 0.600. The molecule has 1 rings (SSSR count). The van der Waals surface area contributed by atoms with Crippen molar-refractivity contribution in [1.29, 1.82) is 0 Å². The third-order valence-corrected chi connectivity index (χ3v) is 4.50. The van der Waals surface area contributed by atoms with Gasteiger partial charge in [-0.1, -0.05) is 28.1 Å². The summed E-state index contributed by atoms with van der Waals surface area (Å²) in [5.74, 6) is -37.4. The first-order valence-electron chi connectivity index (χ1n) is 7.40. The first-order valence-corrected chi connectivity index (χ1v) is 8.19. The first kappa shape index (κ1) is 26.8. The van der Waals surface area contributed by atoms with Gasteiger partial charge in [0.05, 0.1) is 12.0 Å². The summed E-state index contributed by atoms with van der Waals surface area (Å²) in [6, 6.07) is 4.05. The van der Waals surface area contributed by atoms with Gasteiger partial charge < -0.3 is 5.11 Å². The van der Waals surface area contributed by atoms with E-state index in [1.807, 2.05) is 0 Å². The summed E-state index contributed by atoms with van der Waals surface area (Å²) in [6.45, 7) is 0.388. The second-order valence-corrected chi connectivity index (χ2v) is 7.38. The zero-order valence-electron chi connectivity index (χ0n) is 14.3. The summed E-state index contributed by atoms with van der Waals surface area (Å²) in [7, 11) is 0. The highest BCUT2D eigenvalue weighted by Gasteiger charge is 2.90. The minimum Gasteiger partial charge on any atom is -0.385 e. The Kier molecular flexibility index (Phi) is 6.62. The molecule has 0 amide bonds. The van der Waals surface area contributed by atoms with Crippen LogP contribution in [0.5, 0.6) is 0 Å². The average molecular weight is 533 g/mol. The number of benzene rings is 1. The lowest BCUT2D eigenvalue weighted by atomic mass is 9.84. The average Bonchev–Trinajstić information content (AvgIpc) is 2.52. The molecule has 1 aromatic rings. The van der Waals surface area contributed by atoms with Gasteiger partial charge in [0.2, 0.25) is 0 Å². The van der Waals surface area contributed by atoms with E-state index in [2.05, 4.69) is 15.9 Å². The van der Waals surface area contributed by atoms with Crippen LogP contribution in [0, 0.1) is 0 Å². The molecule has 0 aliphatic heterocycles. The molecule has 0 spiro atoms. The smallest absolute Gasteiger partial charge is 0.385 e. The summed E-state index contributed by atoms with van der Waals surface area (Å²) in [6.07, 6.45) is -10.2. The van der Waals surface area contributed by atoms with Crippen LogP contribution in [0.15, 0.2) is 28.7 Å². The van der Waals surface area contributed by atoms with Gasteiger partial charge >= 0.3 is 35.8 Å². The Morgan fingerprint density at radius 2 is 1.17 bits per heavy atom. The molecule has 0 radical (unpaired) electrons. The Morgan fingerprint density at radius 1 is 0.733 bits per heavy atom. The summed E-state index contributed by atoms with van der Waals surface area (Å²) >= 11 is 2.82. The molecule has 1 N–H and O–H groups in total. The number of alkyl halides is 13. The van der Waals surface area contributed by atoms with Crippen LogP contribution in [0.4, 0.5) is 57.1 Å². The van der Waals surface area contributed by atoms with E-state index < -0.39 is 53.4 Å². The van der Waals surface area contributed by atoms with Gasteiger partial charge in [0, 0.05) is 4.47 Å². The summed E-state index contributed by atoms with van der Waals surface area (Å²) in [4.78, 5) is 0. The van der Waals surface area contributed by atoms with E-state index in [0.29, 0.717) is 6.92 Å². The standard InChI is InChI=1S/C15H10BrF13O/c1-9(30,7-3-2-4-8(16)5-7)6-10(17,18)11(19,20)12(21,22)13(23,24)14(25,26)15(27,28)29/h2-5,30H,6H2,1H3. The first-order chi connectivity index (χ1) is 13.0. The van der Waals surface area contributed by atoms with Crippen molar-refractivity contribution in [2.75, 3.05) is 0 Å². The van der Waals surface area contributed by atoms with Crippen molar-refractivity contribution in [3.8, 4) is 0 Å². The topological polar surface area (TPSA) is 20.2 Å². The Bertz CT molecular complexity index is 770. The van der Waals surface area contributed by atoms with Crippen molar-refractivity contribution < 1.29 is 62.2 Å². The van der Waals surface area contributed by atoms with Gasteiger partial charge in [-0.05, 0) is 24.6 Å². The SMILES string of the molecule is CC(O)(CC(F)(F)C(F)(F)C(F)(F)C(F)(F)C(F)(F)C(F)(F)F)c1cccc(Br)c1. The lowest BCUT2D eigenvalue weighted by molar-refractivity contribution is -0.441. The van der Waals surface area contributed by atoms with E-state index in [4.69, 9.17) is 0 Å². The summed E-state index contributed by atoms with van der Waals surface area (Å²) < 4.78 is 170. The minimum absolute atomic E-state index is 0.0806. The quantitative estimate of drug-likeness (QED) is 0.383. The van der Waals surface area contributed by atoms with Crippen LogP contribution in [0.25, 0.3) is 0 Å². The molecule has 1 atom stereocenters. The molecule has 15 heteroatoms. The molecule has 0 saturated carbocycles. The van der Waals surface area contributed by atoms with Crippen LogP contribution in [-0.2, 0) is 5.60 Å². The Balaban J connectivity index is 3.45. The molecule has 0 saturated heterocycles. The molecule has 0 aliphatic carbocycles. The molecule has 1 nitrogen and oxygen atoms in total. The van der Waals surface area contributed by atoms with Gasteiger partial charge in [0.15, 0.2) is 0 Å². The van der Waals surface area contributed by atoms with Crippen molar-refractivity contribution in [3.63, 3.8) is 0 Å². The fourth-order valence-electron chi connectivity index (χ4n) is 2.27. The number of hydrogen-bond donors (Lipinski definition) is 1. The molecule has 1 aromatic carbocycles. The van der Waals surface area contributed by atoms with Gasteiger partial charge in [-0.2, -0.15) is 57.1 Å². The largest absolute Gasteiger partial charge is 0.460 e. The van der Waals surface area contributed by atoms with Gasteiger partial charge in [-0.15, -0.1) is 0 Å². The highest BCUT2D eigenvalue weighted by Crippen LogP contribution is 2.61. The molecular weight excluding hydrogens is 523 g/mol. The normalized spacial score (nSPS) is 17.1. The molecule has 1 unspecified atom stereocenters. The van der Waals surface area contributed by atoms with Gasteiger partial charge in [0.1, 0.15) is 0 Å². The maximum absolute atomic E-state index is 13.9. The van der Waals surface area contributed by atoms with Crippen LogP contribution in [0.1, 0.15) is 18.9 Å². The maximum Gasteiger partial charge on any atom is 0.460 e. The van der Waals surface area contributed by atoms with Crippen LogP contribution in [0.3, 0.4) is 0 Å². The number of rotatable bonds is 7. The predicted molar refractivity (Wildman–Crippen MR) is 79.1 cm³/mol. The lowest BCUT2D eigenvalue weighted by Crippen LogP contribution is -2.70. The van der Waals surface area contributed by atoms with E-state index in [-0.39, 0.29) is 4.47 Å². The highest BCUT2D eigenvalue weighted by atomic mass is 79.9. The van der Waals surface area contributed by atoms with Gasteiger partial charge in [0.25, 0.3) is 0 Å².